The van der Waals surface area contributed by atoms with Crippen LogP contribution in [0, 0.1) is 31.0 Å². The zero-order valence-electron chi connectivity index (χ0n) is 15.6. The number of nitrogens with one attached hydrogen (secondary N) is 2. The number of hydrogen-bond donors (Lipinski definition) is 2. The summed E-state index contributed by atoms with van der Waals surface area (Å²) >= 11 is 22.7. The molecule has 16 nitrogen and oxygen atoms in total. The third-order valence-electron chi connectivity index (χ3n) is 3.35. The smallest absolute Gasteiger partial charge is 0.318 e. The third-order valence-corrected chi connectivity index (χ3v) is 4.82. The normalized spacial score (nSPS) is 23.6. The van der Waals surface area contributed by atoms with Gasteiger partial charge in [-0.15, -0.1) is 0 Å². The van der Waals surface area contributed by atoms with Crippen molar-refractivity contribution in [2.45, 2.75) is 22.8 Å². The van der Waals surface area contributed by atoms with Crippen LogP contribution in [0.5, 0.6) is 0 Å². The van der Waals surface area contributed by atoms with Crippen molar-refractivity contribution in [1.29, 1.82) is 10.8 Å². The van der Waals surface area contributed by atoms with Gasteiger partial charge in [0.1, 0.15) is 11.4 Å². The molecule has 2 rings (SSSR count). The van der Waals surface area contributed by atoms with Gasteiger partial charge in [-0.05, 0) is 46.2 Å². The zero-order chi connectivity index (χ0) is 26.0. The Morgan fingerprint density at radius 2 is 1.15 bits per heavy atom. The Balaban J connectivity index is 0.000000517. The van der Waals surface area contributed by atoms with E-state index in [-0.39, 0.29) is 34.3 Å². The van der Waals surface area contributed by atoms with E-state index in [9.17, 15) is 20.2 Å². The van der Waals surface area contributed by atoms with Crippen LogP contribution in [-0.2, 0) is 10.4 Å². The zero-order valence-corrected chi connectivity index (χ0v) is 19.4. The molecule has 0 bridgehead atoms. The Morgan fingerprint density at radius 3 is 1.33 bits per heavy atom. The van der Waals surface area contributed by atoms with E-state index in [1.807, 2.05) is 0 Å². The van der Waals surface area contributed by atoms with Crippen LogP contribution in [0.2, 0.25) is 0 Å². The number of nitrogens with zero attached hydrogens (tertiary/aromatic N) is 6. The second kappa shape index (κ2) is 12.5. The quantitative estimate of drug-likeness (QED) is 0.0945. The molecule has 2 unspecified atom stereocenters. The van der Waals surface area contributed by atoms with Gasteiger partial charge in [0.25, 0.3) is 10.8 Å². The maximum atomic E-state index is 10.5. The summed E-state index contributed by atoms with van der Waals surface area (Å²) in [5.74, 6) is 0. The SMILES string of the molecule is N#[N+]NC1=C(Cl)CC(Cl)([N+](=O)[O-])C=C1.N#[N+]NC1=C(Cl)CC(Cl)([N+](=O)[O-])C=C1.O=S(=O)([O-])[O-]. The van der Waals surface area contributed by atoms with Crippen LogP contribution in [0.4, 0.5) is 0 Å². The Hall–Kier alpha value is -2.77. The van der Waals surface area contributed by atoms with Crippen molar-refractivity contribution in [1.82, 2.24) is 10.9 Å². The molecule has 2 N–H and O–H groups in total. The molecule has 0 aromatic heterocycles. The van der Waals surface area contributed by atoms with Crippen LogP contribution in [0.1, 0.15) is 12.8 Å². The van der Waals surface area contributed by atoms with Crippen molar-refractivity contribution >= 4 is 56.8 Å². The van der Waals surface area contributed by atoms with Crippen molar-refractivity contribution in [2.75, 3.05) is 0 Å². The number of halogens is 4. The van der Waals surface area contributed by atoms with Crippen LogP contribution in [0.25, 0.3) is 10.2 Å². The molecule has 21 heteroatoms. The summed E-state index contributed by atoms with van der Waals surface area (Å²) in [7, 11) is -5.17. The van der Waals surface area contributed by atoms with Gasteiger partial charge in [-0.25, -0.2) is 0 Å². The lowest BCUT2D eigenvalue weighted by molar-refractivity contribution is -0.527. The lowest BCUT2D eigenvalue weighted by Crippen LogP contribution is -2.32. The van der Waals surface area contributed by atoms with Crippen LogP contribution in [0.3, 0.4) is 0 Å². The lowest BCUT2D eigenvalue weighted by Gasteiger charge is -2.17. The summed E-state index contributed by atoms with van der Waals surface area (Å²) in [5, 5.41) is 43.0. The summed E-state index contributed by atoms with van der Waals surface area (Å²) in [6, 6.07) is 0. The highest BCUT2D eigenvalue weighted by Crippen LogP contribution is 2.35. The average molecular weight is 568 g/mol. The number of alkyl halides is 2. The fourth-order valence-corrected chi connectivity index (χ4v) is 3.05. The first kappa shape index (κ1) is 30.2. The summed E-state index contributed by atoms with van der Waals surface area (Å²) in [6.45, 7) is 0. The maximum absolute atomic E-state index is 10.5. The molecule has 0 amide bonds. The summed E-state index contributed by atoms with van der Waals surface area (Å²) in [5.41, 5.74) is 4.91. The average Bonchev–Trinajstić information content (AvgIpc) is 2.66. The Kier molecular flexibility index (Phi) is 11.4. The molecule has 2 atom stereocenters. The minimum atomic E-state index is -5.17. The van der Waals surface area contributed by atoms with E-state index in [4.69, 9.17) is 74.7 Å². The van der Waals surface area contributed by atoms with E-state index in [1.54, 1.807) is 0 Å². The maximum Gasteiger partial charge on any atom is 0.318 e. The minimum Gasteiger partial charge on any atom is -0.759 e. The number of diazo groups is 2. The largest absolute Gasteiger partial charge is 0.759 e. The number of rotatable bonds is 4. The first-order valence-corrected chi connectivity index (χ1v) is 10.5. The molecule has 0 radical (unpaired) electrons. The third kappa shape index (κ3) is 10.6. The number of allylic oxidation sites excluding steroid dienone is 2. The predicted octanol–water partition coefficient (Wildman–Crippen LogP) is 2.59. The second-order valence-electron chi connectivity index (χ2n) is 5.64. The van der Waals surface area contributed by atoms with Crippen LogP contribution < -0.4 is 10.9 Å². The molecular weight excluding hydrogens is 558 g/mol. The van der Waals surface area contributed by atoms with Gasteiger partial charge in [-0.1, -0.05) is 23.2 Å². The van der Waals surface area contributed by atoms with Gasteiger partial charge < -0.3 is 9.11 Å². The van der Waals surface area contributed by atoms with Gasteiger partial charge in [0.05, 0.1) is 22.9 Å². The van der Waals surface area contributed by atoms with Crippen molar-refractivity contribution in [3.8, 4) is 0 Å². The molecule has 0 saturated carbocycles. The highest BCUT2D eigenvalue weighted by atomic mass is 35.5. The molecular formula is C12H10Cl4N8O8S. The Morgan fingerprint density at radius 1 is 0.879 bits per heavy atom. The van der Waals surface area contributed by atoms with E-state index in [2.05, 4.69) is 21.0 Å². The van der Waals surface area contributed by atoms with Gasteiger partial charge in [0.2, 0.25) is 0 Å². The van der Waals surface area contributed by atoms with E-state index >= 15 is 0 Å². The number of nitro groups is 2. The Labute approximate surface area is 204 Å². The Bertz CT molecular complexity index is 1030. The summed E-state index contributed by atoms with van der Waals surface area (Å²) in [6.07, 6.45) is 4.62. The molecule has 180 valence electrons. The summed E-state index contributed by atoms with van der Waals surface area (Å²) in [4.78, 5) is 16.4. The van der Waals surface area contributed by atoms with E-state index in [0.29, 0.717) is 0 Å². The number of hydrogen-bond acceptors (Lipinski definition) is 12. The highest BCUT2D eigenvalue weighted by molar-refractivity contribution is 7.79. The molecule has 0 aromatic carbocycles. The molecule has 2 aliphatic rings. The van der Waals surface area contributed by atoms with Gasteiger partial charge in [-0.2, -0.15) is 0 Å². The molecule has 2 aliphatic carbocycles. The van der Waals surface area contributed by atoms with E-state index in [1.165, 1.54) is 24.3 Å². The van der Waals surface area contributed by atoms with Crippen LogP contribution in [-0.4, -0.2) is 37.4 Å². The molecule has 0 aromatic rings. The van der Waals surface area contributed by atoms with E-state index < -0.39 is 30.2 Å². The van der Waals surface area contributed by atoms with Crippen molar-refractivity contribution in [3.63, 3.8) is 0 Å². The lowest BCUT2D eigenvalue weighted by atomic mass is 10.1. The van der Waals surface area contributed by atoms with Gasteiger partial charge in [0.15, 0.2) is 0 Å². The fourth-order valence-electron chi connectivity index (χ4n) is 1.90. The van der Waals surface area contributed by atoms with Gasteiger partial charge >= 0.3 is 20.2 Å². The molecule has 33 heavy (non-hydrogen) atoms. The predicted molar refractivity (Wildman–Crippen MR) is 111 cm³/mol. The molecule has 0 aliphatic heterocycles. The van der Waals surface area contributed by atoms with Gasteiger partial charge in [-0.3, -0.25) is 28.6 Å². The monoisotopic (exact) mass is 566 g/mol. The van der Waals surface area contributed by atoms with Crippen molar-refractivity contribution in [2.24, 2.45) is 0 Å². The topological polar surface area (TPSA) is 247 Å². The first-order valence-electron chi connectivity index (χ1n) is 7.68. The first-order chi connectivity index (χ1) is 15.0. The highest BCUT2D eigenvalue weighted by Gasteiger charge is 2.42. The van der Waals surface area contributed by atoms with E-state index in [0.717, 1.165) is 0 Å². The second-order valence-corrected chi connectivity index (χ2v) is 8.68. The standard InChI is InChI=1S/2C6H5Cl2N4O2.H2O4S/c2*7-4-3-6(8,12(13)14)2-1-5(4)10-11-9;1-5(2,3)4/h2*1-2,10H,3H2;(H2,1,2,3,4)/q2*+1;/p-2. The van der Waals surface area contributed by atoms with Crippen molar-refractivity contribution < 1.29 is 27.4 Å². The molecule has 0 spiro atoms. The van der Waals surface area contributed by atoms with Gasteiger partial charge in [0, 0.05) is 32.4 Å². The van der Waals surface area contributed by atoms with Crippen LogP contribution in [0.15, 0.2) is 45.8 Å². The molecule has 0 saturated heterocycles. The minimum absolute atomic E-state index is 0.136. The van der Waals surface area contributed by atoms with Crippen LogP contribution >= 0.6 is 46.4 Å². The fraction of sp³-hybridized carbons (Fsp3) is 0.333. The van der Waals surface area contributed by atoms with Crippen molar-refractivity contribution in [3.05, 3.63) is 76.2 Å². The summed E-state index contributed by atoms with van der Waals surface area (Å²) < 4.78 is 34.1. The molecule has 0 fully saturated rings. The molecule has 0 heterocycles.